The number of imide groups is 1. The summed E-state index contributed by atoms with van der Waals surface area (Å²) in [6, 6.07) is -1.02. The lowest BCUT2D eigenvalue weighted by molar-refractivity contribution is 0.119. The lowest BCUT2D eigenvalue weighted by atomic mass is 10.2. The molecule has 0 atom stereocenters. The Morgan fingerprint density at radius 3 is 2.67 bits per heavy atom. The number of hydrogen-bond donors (Lipinski definition) is 2. The maximum absolute atomic E-state index is 12.0. The Morgan fingerprint density at radius 2 is 2.00 bits per heavy atom. The van der Waals surface area contributed by atoms with E-state index in [-0.39, 0.29) is 6.54 Å². The molecule has 24 heavy (non-hydrogen) atoms. The number of urea groups is 1. The van der Waals surface area contributed by atoms with Gasteiger partial charge < -0.3 is 4.84 Å². The molecule has 1 aliphatic rings. The predicted octanol–water partition coefficient (Wildman–Crippen LogP) is 1.76. The van der Waals surface area contributed by atoms with Crippen LogP contribution in [-0.2, 0) is 14.9 Å². The second kappa shape index (κ2) is 10.1. The van der Waals surface area contributed by atoms with E-state index in [0.717, 1.165) is 38.4 Å². The summed E-state index contributed by atoms with van der Waals surface area (Å²) >= 11 is 0. The van der Waals surface area contributed by atoms with Crippen molar-refractivity contribution in [2.45, 2.75) is 51.9 Å². The fourth-order valence-electron chi connectivity index (χ4n) is 2.16. The number of sulfonamides is 1. The molecular weight excluding hydrogens is 336 g/mol. The molecule has 0 radical (unpaired) electrons. The van der Waals surface area contributed by atoms with E-state index in [1.165, 1.54) is 0 Å². The number of carbonyl (C=O) groups is 2. The van der Waals surface area contributed by atoms with Crippen LogP contribution in [0.3, 0.4) is 0 Å². The first-order chi connectivity index (χ1) is 11.3. The average Bonchev–Trinajstić information content (AvgIpc) is 2.76. The number of aliphatic imine (C=N–C) groups is 1. The highest BCUT2D eigenvalue weighted by Crippen LogP contribution is 2.06. The summed E-state index contributed by atoms with van der Waals surface area (Å²) in [7, 11) is -3.76. The first kappa shape index (κ1) is 20.2. The lowest BCUT2D eigenvalue weighted by Crippen LogP contribution is -2.47. The third-order valence-corrected chi connectivity index (χ3v) is 4.59. The van der Waals surface area contributed by atoms with Gasteiger partial charge in [-0.05, 0) is 19.3 Å². The molecule has 0 aromatic rings. The van der Waals surface area contributed by atoms with Gasteiger partial charge in [0.2, 0.25) is 10.0 Å². The number of amidine groups is 1. The zero-order valence-electron chi connectivity index (χ0n) is 14.2. The van der Waals surface area contributed by atoms with Crippen LogP contribution in [0.4, 0.5) is 9.59 Å². The third-order valence-electron chi connectivity index (χ3n) is 3.44. The summed E-state index contributed by atoms with van der Waals surface area (Å²) in [6.07, 6.45) is 5.68. The molecule has 1 aliphatic heterocycles. The van der Waals surface area contributed by atoms with Gasteiger partial charge in [-0.1, -0.05) is 26.2 Å². The van der Waals surface area contributed by atoms with Crippen LogP contribution < -0.4 is 10.8 Å². The van der Waals surface area contributed by atoms with Gasteiger partial charge in [0, 0.05) is 19.5 Å². The van der Waals surface area contributed by atoms with Crippen LogP contribution in [0.1, 0.15) is 51.9 Å². The van der Waals surface area contributed by atoms with E-state index in [2.05, 4.69) is 10.5 Å². The van der Waals surface area contributed by atoms with Gasteiger partial charge in [0.25, 0.3) is 0 Å². The minimum absolute atomic E-state index is 0.0198. The second-order valence-corrected chi connectivity index (χ2v) is 7.51. The Balaban J connectivity index is 2.50. The van der Waals surface area contributed by atoms with Crippen LogP contribution in [0.2, 0.25) is 0 Å². The molecule has 0 saturated heterocycles. The van der Waals surface area contributed by atoms with Crippen molar-refractivity contribution in [2.75, 3.05) is 19.3 Å². The van der Waals surface area contributed by atoms with Crippen molar-refractivity contribution in [1.82, 2.24) is 15.1 Å². The molecular formula is C14H26N4O5S. The number of unbranched alkanes of at least 4 members (excludes halogenated alkanes) is 2. The van der Waals surface area contributed by atoms with Gasteiger partial charge in [-0.15, -0.1) is 0 Å². The van der Waals surface area contributed by atoms with Gasteiger partial charge in [0.1, 0.15) is 5.84 Å². The number of hydrogen-bond acceptors (Lipinski definition) is 7. The minimum atomic E-state index is -3.76. The SMILES string of the molecule is CCCCCN(C(=O)NC(=O)ONC1=NCCCCC1)S(C)(=O)=O. The summed E-state index contributed by atoms with van der Waals surface area (Å²) in [6.45, 7) is 2.64. The van der Waals surface area contributed by atoms with E-state index in [0.29, 0.717) is 29.5 Å². The zero-order chi connectivity index (χ0) is 18.0. The van der Waals surface area contributed by atoms with E-state index in [1.807, 2.05) is 12.2 Å². The van der Waals surface area contributed by atoms with Crippen LogP contribution in [-0.4, -0.2) is 50.0 Å². The molecule has 0 unspecified atom stereocenters. The highest BCUT2D eigenvalue weighted by molar-refractivity contribution is 7.88. The molecule has 9 nitrogen and oxygen atoms in total. The normalized spacial score (nSPS) is 15.0. The molecule has 10 heteroatoms. The van der Waals surface area contributed by atoms with E-state index < -0.39 is 22.1 Å². The van der Waals surface area contributed by atoms with Crippen LogP contribution >= 0.6 is 0 Å². The molecule has 138 valence electrons. The number of amides is 3. The Hall–Kier alpha value is -1.84. The fraction of sp³-hybridized carbons (Fsp3) is 0.786. The van der Waals surface area contributed by atoms with Gasteiger partial charge >= 0.3 is 12.1 Å². The lowest BCUT2D eigenvalue weighted by Gasteiger charge is -2.20. The van der Waals surface area contributed by atoms with Gasteiger partial charge in [0.15, 0.2) is 0 Å². The number of nitrogens with zero attached hydrogens (tertiary/aromatic N) is 2. The van der Waals surface area contributed by atoms with Crippen LogP contribution in [0.5, 0.6) is 0 Å². The average molecular weight is 362 g/mol. The van der Waals surface area contributed by atoms with Crippen LogP contribution in [0, 0.1) is 0 Å². The second-order valence-electron chi connectivity index (χ2n) is 5.60. The Kier molecular flexibility index (Phi) is 8.51. The zero-order valence-corrected chi connectivity index (χ0v) is 15.0. The number of carbonyl (C=O) groups excluding carboxylic acids is 2. The van der Waals surface area contributed by atoms with E-state index >= 15 is 0 Å². The van der Waals surface area contributed by atoms with E-state index in [9.17, 15) is 18.0 Å². The summed E-state index contributed by atoms with van der Waals surface area (Å²) in [5.74, 6) is 0.540. The summed E-state index contributed by atoms with van der Waals surface area (Å²) < 4.78 is 24.0. The van der Waals surface area contributed by atoms with Gasteiger partial charge in [-0.2, -0.15) is 0 Å². The van der Waals surface area contributed by atoms with Crippen LogP contribution in [0.15, 0.2) is 4.99 Å². The topological polar surface area (TPSA) is 117 Å². The number of nitrogens with one attached hydrogen (secondary N) is 2. The van der Waals surface area contributed by atoms with Crippen molar-refractivity contribution < 1.29 is 22.8 Å². The molecule has 0 saturated carbocycles. The quantitative estimate of drug-likeness (QED) is 0.568. The standard InChI is InChI=1S/C14H26N4O5S/c1-3-4-8-11-18(24(2,21)22)13(19)16-14(20)23-17-12-9-6-5-7-10-15-12/h3-11H2,1-2H3,(H,15,17)(H,16,19,20). The molecule has 2 N–H and O–H groups in total. The highest BCUT2D eigenvalue weighted by atomic mass is 32.2. The molecule has 3 amide bonds. The monoisotopic (exact) mass is 362 g/mol. The van der Waals surface area contributed by atoms with Crippen molar-refractivity contribution in [3.8, 4) is 0 Å². The maximum atomic E-state index is 12.0. The van der Waals surface area contributed by atoms with E-state index in [4.69, 9.17) is 4.84 Å². The largest absolute Gasteiger partial charge is 0.439 e. The maximum Gasteiger partial charge on any atom is 0.439 e. The Morgan fingerprint density at radius 1 is 1.25 bits per heavy atom. The van der Waals surface area contributed by atoms with Crippen molar-refractivity contribution in [2.24, 2.45) is 4.99 Å². The minimum Gasteiger partial charge on any atom is -0.323 e. The molecule has 1 rings (SSSR count). The van der Waals surface area contributed by atoms with Gasteiger partial charge in [-0.3, -0.25) is 4.99 Å². The number of hydroxylamine groups is 1. The molecule has 0 spiro atoms. The molecule has 1 heterocycles. The predicted molar refractivity (Wildman–Crippen MR) is 90.0 cm³/mol. The van der Waals surface area contributed by atoms with Crippen molar-refractivity contribution in [3.63, 3.8) is 0 Å². The van der Waals surface area contributed by atoms with Gasteiger partial charge in [0.05, 0.1) is 6.26 Å². The smallest absolute Gasteiger partial charge is 0.323 e. The highest BCUT2D eigenvalue weighted by Gasteiger charge is 2.25. The Labute approximate surface area is 142 Å². The van der Waals surface area contributed by atoms with Crippen molar-refractivity contribution >= 4 is 28.0 Å². The first-order valence-corrected chi connectivity index (χ1v) is 9.98. The van der Waals surface area contributed by atoms with Crippen molar-refractivity contribution in [1.29, 1.82) is 0 Å². The molecule has 0 aromatic heterocycles. The van der Waals surface area contributed by atoms with Crippen molar-refractivity contribution in [3.05, 3.63) is 0 Å². The first-order valence-electron chi connectivity index (χ1n) is 8.13. The molecule has 0 bridgehead atoms. The number of rotatable bonds is 5. The summed E-state index contributed by atoms with van der Waals surface area (Å²) in [5.41, 5.74) is 2.41. The molecule has 0 fully saturated rings. The van der Waals surface area contributed by atoms with Gasteiger partial charge in [-0.25, -0.2) is 33.1 Å². The van der Waals surface area contributed by atoms with E-state index in [1.54, 1.807) is 0 Å². The summed E-state index contributed by atoms with van der Waals surface area (Å²) in [5, 5.41) is 1.90. The Bertz CT molecular complexity index is 562. The fourth-order valence-corrected chi connectivity index (χ4v) is 2.97. The summed E-state index contributed by atoms with van der Waals surface area (Å²) in [4.78, 5) is 32.6. The van der Waals surface area contributed by atoms with Crippen LogP contribution in [0.25, 0.3) is 0 Å². The molecule has 0 aromatic carbocycles. The molecule has 0 aliphatic carbocycles. The third kappa shape index (κ3) is 7.62.